The first kappa shape index (κ1) is 54.8. The van der Waals surface area contributed by atoms with Gasteiger partial charge in [-0.05, 0) is 109 Å². The molecule has 0 saturated carbocycles. The number of nitrogens with zero attached hydrogens (tertiary/aromatic N) is 3. The number of halogens is 5. The molecule has 2 aliphatic rings. The number of aromatic nitrogens is 3. The van der Waals surface area contributed by atoms with Crippen LogP contribution in [0.25, 0.3) is 22.3 Å². The third-order valence-electron chi connectivity index (χ3n) is 12.6. The van der Waals surface area contributed by atoms with E-state index in [4.69, 9.17) is 9.47 Å². The van der Waals surface area contributed by atoms with Crippen molar-refractivity contribution in [2.45, 2.75) is 69.8 Å². The van der Waals surface area contributed by atoms with Gasteiger partial charge in [-0.15, -0.1) is 0 Å². The van der Waals surface area contributed by atoms with Crippen LogP contribution >= 0.6 is 0 Å². The summed E-state index contributed by atoms with van der Waals surface area (Å²) in [5.41, 5.74) is 2.64. The number of carbonyl (C=O) groups excluding carboxylic acids is 2. The van der Waals surface area contributed by atoms with Crippen LogP contribution in [0.3, 0.4) is 0 Å². The summed E-state index contributed by atoms with van der Waals surface area (Å²) in [7, 11) is 0. The van der Waals surface area contributed by atoms with Crippen LogP contribution in [0.15, 0.2) is 103 Å². The Morgan fingerprint density at radius 3 is 1.59 bits per heavy atom. The molecule has 3 aromatic carbocycles. The Bertz CT molecular complexity index is 2740. The molecule has 0 atom stereocenters. The molecule has 0 radical (unpaired) electrons. The van der Waals surface area contributed by atoms with Gasteiger partial charge in [-0.2, -0.15) is 13.2 Å². The summed E-state index contributed by atoms with van der Waals surface area (Å²) in [5.74, 6) is -3.32. The van der Waals surface area contributed by atoms with Gasteiger partial charge in [-0.1, -0.05) is 24.3 Å². The molecule has 20 heteroatoms. The van der Waals surface area contributed by atoms with Gasteiger partial charge in [0.05, 0.1) is 42.0 Å². The lowest BCUT2D eigenvalue weighted by Crippen LogP contribution is -2.34. The lowest BCUT2D eigenvalue weighted by Gasteiger charge is -2.32. The van der Waals surface area contributed by atoms with E-state index < -0.39 is 40.7 Å². The Balaban J connectivity index is 0.000000216. The normalized spacial score (nSPS) is 15.3. The number of anilines is 4. The SMILES string of the molecule is Cc1ccc(NC(=O)c2cccc(C(F)(F)F)c2)cc1-c1cc(NCCO)nc(C2(O)CCOCC2)c1.Cc1ncc(NC(=O)c2cccc(C(C)(F)F)c2)cc1-c1cc(NCCO)nc(C2(O)CCOCC2)c1. The van der Waals surface area contributed by atoms with E-state index in [2.05, 4.69) is 36.2 Å². The summed E-state index contributed by atoms with van der Waals surface area (Å²) in [6.45, 7) is 6.46. The highest BCUT2D eigenvalue weighted by atomic mass is 19.4. The molecule has 2 amide bonds. The van der Waals surface area contributed by atoms with E-state index in [0.717, 1.165) is 35.7 Å². The lowest BCUT2D eigenvalue weighted by molar-refractivity contribution is -0.137. The number of benzene rings is 3. The molecule has 392 valence electrons. The van der Waals surface area contributed by atoms with Gasteiger partial charge in [-0.3, -0.25) is 14.6 Å². The Morgan fingerprint density at radius 2 is 1.09 bits per heavy atom. The van der Waals surface area contributed by atoms with Crippen molar-refractivity contribution >= 4 is 34.8 Å². The summed E-state index contributed by atoms with van der Waals surface area (Å²) in [6.07, 6.45) is -1.50. The van der Waals surface area contributed by atoms with Gasteiger partial charge in [0, 0.05) is 106 Å². The van der Waals surface area contributed by atoms with Gasteiger partial charge in [0.2, 0.25) is 0 Å². The summed E-state index contributed by atoms with van der Waals surface area (Å²) < 4.78 is 77.4. The van der Waals surface area contributed by atoms with E-state index in [1.807, 2.05) is 13.8 Å². The molecular weight excluding hydrogens is 970 g/mol. The van der Waals surface area contributed by atoms with E-state index in [9.17, 15) is 52.0 Å². The number of aliphatic hydroxyl groups is 4. The molecule has 6 aromatic rings. The average Bonchev–Trinajstić information content (AvgIpc) is 3.38. The molecule has 2 fully saturated rings. The lowest BCUT2D eigenvalue weighted by atomic mass is 9.88. The van der Waals surface area contributed by atoms with Gasteiger partial charge in [0.25, 0.3) is 17.7 Å². The van der Waals surface area contributed by atoms with Gasteiger partial charge in [0.15, 0.2) is 0 Å². The van der Waals surface area contributed by atoms with E-state index in [1.54, 1.807) is 48.5 Å². The van der Waals surface area contributed by atoms with Crippen molar-refractivity contribution in [3.05, 3.63) is 148 Å². The summed E-state index contributed by atoms with van der Waals surface area (Å²) in [4.78, 5) is 39.1. The predicted octanol–water partition coefficient (Wildman–Crippen LogP) is 8.95. The highest BCUT2D eigenvalue weighted by molar-refractivity contribution is 6.05. The van der Waals surface area contributed by atoms with Crippen LogP contribution in [0.4, 0.5) is 45.0 Å². The van der Waals surface area contributed by atoms with Crippen LogP contribution in [-0.2, 0) is 32.8 Å². The molecule has 5 heterocycles. The zero-order valence-electron chi connectivity index (χ0n) is 41.0. The highest BCUT2D eigenvalue weighted by Crippen LogP contribution is 2.38. The first-order chi connectivity index (χ1) is 35.2. The molecule has 74 heavy (non-hydrogen) atoms. The van der Waals surface area contributed by atoms with E-state index in [1.165, 1.54) is 42.6 Å². The minimum atomic E-state index is -4.55. The minimum Gasteiger partial charge on any atom is -0.395 e. The molecule has 2 aliphatic heterocycles. The number of nitrogens with one attached hydrogen (secondary N) is 4. The number of hydrogen-bond acceptors (Lipinski definition) is 13. The quantitative estimate of drug-likeness (QED) is 0.0451. The van der Waals surface area contributed by atoms with Gasteiger partial charge in [0.1, 0.15) is 22.8 Å². The fraction of sp³-hybridized carbons (Fsp3) is 0.352. The maximum Gasteiger partial charge on any atom is 0.416 e. The summed E-state index contributed by atoms with van der Waals surface area (Å²) in [6, 6.07) is 23.6. The van der Waals surface area contributed by atoms with Crippen molar-refractivity contribution in [1.82, 2.24) is 15.0 Å². The summed E-state index contributed by atoms with van der Waals surface area (Å²) >= 11 is 0. The molecule has 8 N–H and O–H groups in total. The van der Waals surface area contributed by atoms with Crippen LogP contribution in [0.5, 0.6) is 0 Å². The molecule has 2 saturated heterocycles. The molecular formula is C54H58F5N7O8. The second kappa shape index (κ2) is 23.5. The van der Waals surface area contributed by atoms with E-state index >= 15 is 0 Å². The minimum absolute atomic E-state index is 0.0907. The van der Waals surface area contributed by atoms with E-state index in [0.29, 0.717) is 103 Å². The van der Waals surface area contributed by atoms with Crippen molar-refractivity contribution in [2.75, 3.05) is 74.0 Å². The average molecular weight is 1030 g/mol. The van der Waals surface area contributed by atoms with Crippen LogP contribution < -0.4 is 21.3 Å². The smallest absolute Gasteiger partial charge is 0.395 e. The zero-order valence-corrected chi connectivity index (χ0v) is 41.0. The molecule has 0 aliphatic carbocycles. The van der Waals surface area contributed by atoms with Crippen molar-refractivity contribution < 1.29 is 61.4 Å². The number of rotatable bonds is 15. The second-order valence-electron chi connectivity index (χ2n) is 18.2. The summed E-state index contributed by atoms with van der Waals surface area (Å²) in [5, 5.41) is 52.5. The number of amides is 2. The maximum absolute atomic E-state index is 13.7. The molecule has 8 rings (SSSR count). The standard InChI is InChI=1S/C27H28F3N3O4.C27H30F2N4O4/c1-17-5-6-21(32-25(35)18-3-2-4-20(13-18)27(28,29)30)16-22(17)19-14-23(26(36)7-11-37-12-8-26)33-24(15-19)31-9-10-34;1-17-22(15-21(16-31-17)32-25(35)18-4-3-5-20(12-18)26(2,28)29)19-13-23(27(36)6-10-37-11-7-27)33-24(14-19)30-8-9-34/h2-6,13-16,34,36H,7-12H2,1H3,(H,31,33)(H,32,35);3-5,12-16,34,36H,6-11H2,1-2H3,(H,30,33)(H,32,35). The third kappa shape index (κ3) is 13.8. The van der Waals surface area contributed by atoms with Gasteiger partial charge >= 0.3 is 6.18 Å². The van der Waals surface area contributed by atoms with Crippen LogP contribution in [0, 0.1) is 13.8 Å². The first-order valence-electron chi connectivity index (χ1n) is 23.9. The fourth-order valence-electron chi connectivity index (χ4n) is 8.41. The number of hydrogen-bond donors (Lipinski definition) is 8. The molecule has 0 spiro atoms. The predicted molar refractivity (Wildman–Crippen MR) is 269 cm³/mol. The fourth-order valence-corrected chi connectivity index (χ4v) is 8.41. The Morgan fingerprint density at radius 1 is 0.622 bits per heavy atom. The van der Waals surface area contributed by atoms with Crippen LogP contribution in [-0.4, -0.2) is 99.9 Å². The van der Waals surface area contributed by atoms with Crippen molar-refractivity contribution in [1.29, 1.82) is 0 Å². The topological polar surface area (TPSA) is 220 Å². The molecule has 0 unspecified atom stereocenters. The molecule has 0 bridgehead atoms. The van der Waals surface area contributed by atoms with Crippen LogP contribution in [0.2, 0.25) is 0 Å². The Labute approximate surface area is 424 Å². The number of ether oxygens (including phenoxy) is 2. The number of pyridine rings is 3. The third-order valence-corrected chi connectivity index (χ3v) is 12.6. The number of carbonyl (C=O) groups is 2. The Hall–Kier alpha value is -6.94. The van der Waals surface area contributed by atoms with Crippen molar-refractivity contribution in [3.63, 3.8) is 0 Å². The largest absolute Gasteiger partial charge is 0.416 e. The zero-order chi connectivity index (χ0) is 53.3. The van der Waals surface area contributed by atoms with E-state index in [-0.39, 0.29) is 43.0 Å². The second-order valence-corrected chi connectivity index (χ2v) is 18.2. The van der Waals surface area contributed by atoms with Gasteiger partial charge in [-0.25, -0.2) is 18.7 Å². The molecule has 15 nitrogen and oxygen atoms in total. The number of aryl methyl sites for hydroxylation is 2. The van der Waals surface area contributed by atoms with Crippen molar-refractivity contribution in [3.8, 4) is 22.3 Å². The maximum atomic E-state index is 13.7. The number of aliphatic hydroxyl groups excluding tert-OH is 2. The Kier molecular flexibility index (Phi) is 17.4. The van der Waals surface area contributed by atoms with Crippen molar-refractivity contribution in [2.24, 2.45) is 0 Å². The number of alkyl halides is 5. The first-order valence-corrected chi connectivity index (χ1v) is 23.9. The highest BCUT2D eigenvalue weighted by Gasteiger charge is 2.36. The monoisotopic (exact) mass is 1030 g/mol. The van der Waals surface area contributed by atoms with Gasteiger partial charge < -0.3 is 51.2 Å². The molecule has 3 aromatic heterocycles. The van der Waals surface area contributed by atoms with Crippen LogP contribution in [0.1, 0.15) is 87.1 Å².